The molecule has 1 fully saturated rings. The van der Waals surface area contributed by atoms with Crippen LogP contribution in [0.1, 0.15) is 64.8 Å². The normalized spacial score (nSPS) is 21.6. The molecule has 2 amide bonds. The minimum atomic E-state index is -0.336. The highest BCUT2D eigenvalue weighted by atomic mass is 16.2. The minimum Gasteiger partial charge on any atom is -0.353 e. The van der Waals surface area contributed by atoms with E-state index >= 15 is 0 Å². The summed E-state index contributed by atoms with van der Waals surface area (Å²) in [6.07, 6.45) is 5.67. The van der Waals surface area contributed by atoms with Gasteiger partial charge in [0.1, 0.15) is 0 Å². The van der Waals surface area contributed by atoms with E-state index in [9.17, 15) is 9.59 Å². The van der Waals surface area contributed by atoms with Crippen LogP contribution in [0.5, 0.6) is 0 Å². The van der Waals surface area contributed by atoms with E-state index in [1.165, 1.54) is 0 Å². The van der Waals surface area contributed by atoms with E-state index in [-0.39, 0.29) is 35.4 Å². The standard InChI is InChI=1S/C20H33N5O2/c1-5-14(6-2)19(27)25-9-7-20(8-10-25)17-15(21-12-22-17)11-16(24-20)18(26)23-13(3)4/h12-14,16,24H,5-11H2,1-4H3,(H,21,22)(H,23,26). The van der Waals surface area contributed by atoms with Crippen molar-refractivity contribution in [2.45, 2.75) is 77.4 Å². The number of rotatable bonds is 5. The molecule has 27 heavy (non-hydrogen) atoms. The lowest BCUT2D eigenvalue weighted by Gasteiger charge is -2.46. The lowest BCUT2D eigenvalue weighted by atomic mass is 9.78. The van der Waals surface area contributed by atoms with Crippen molar-refractivity contribution in [3.05, 3.63) is 17.7 Å². The molecule has 150 valence electrons. The van der Waals surface area contributed by atoms with E-state index in [2.05, 4.69) is 34.4 Å². The fraction of sp³-hybridized carbons (Fsp3) is 0.750. The molecule has 0 aromatic carbocycles. The number of fused-ring (bicyclic) bond motifs is 2. The smallest absolute Gasteiger partial charge is 0.237 e. The lowest BCUT2D eigenvalue weighted by Crippen LogP contribution is -2.62. The highest BCUT2D eigenvalue weighted by Crippen LogP contribution is 2.38. The van der Waals surface area contributed by atoms with Crippen LogP contribution in [0.2, 0.25) is 0 Å². The van der Waals surface area contributed by atoms with Gasteiger partial charge in [-0.05, 0) is 39.5 Å². The Morgan fingerprint density at radius 1 is 1.30 bits per heavy atom. The zero-order chi connectivity index (χ0) is 19.6. The van der Waals surface area contributed by atoms with Crippen LogP contribution in [0.4, 0.5) is 0 Å². The molecule has 1 saturated heterocycles. The van der Waals surface area contributed by atoms with Crippen LogP contribution in [0.15, 0.2) is 6.33 Å². The molecule has 0 radical (unpaired) electrons. The largest absolute Gasteiger partial charge is 0.353 e. The van der Waals surface area contributed by atoms with Gasteiger partial charge in [0.05, 0.1) is 23.6 Å². The second kappa shape index (κ2) is 8.00. The van der Waals surface area contributed by atoms with Crippen molar-refractivity contribution in [2.24, 2.45) is 5.92 Å². The zero-order valence-corrected chi connectivity index (χ0v) is 17.0. The monoisotopic (exact) mass is 375 g/mol. The molecule has 3 rings (SSSR count). The number of aromatic nitrogens is 2. The van der Waals surface area contributed by atoms with Gasteiger partial charge in [-0.1, -0.05) is 13.8 Å². The van der Waals surface area contributed by atoms with Crippen LogP contribution in [0.3, 0.4) is 0 Å². The SMILES string of the molecule is CCC(CC)C(=O)N1CCC2(CC1)NC(C(=O)NC(C)C)Cc1[nH]cnc12. The van der Waals surface area contributed by atoms with Gasteiger partial charge in [-0.2, -0.15) is 0 Å². The van der Waals surface area contributed by atoms with Gasteiger partial charge in [-0.25, -0.2) is 4.98 Å². The molecule has 1 spiro atoms. The van der Waals surface area contributed by atoms with Gasteiger partial charge in [0.25, 0.3) is 0 Å². The summed E-state index contributed by atoms with van der Waals surface area (Å²) in [4.78, 5) is 35.2. The van der Waals surface area contributed by atoms with Gasteiger partial charge in [-0.15, -0.1) is 0 Å². The molecule has 0 saturated carbocycles. The number of hydrogen-bond acceptors (Lipinski definition) is 4. The molecule has 0 bridgehead atoms. The van der Waals surface area contributed by atoms with Gasteiger partial charge >= 0.3 is 0 Å². The molecule has 2 aliphatic heterocycles. The first-order valence-corrected chi connectivity index (χ1v) is 10.3. The fourth-order valence-electron chi connectivity index (χ4n) is 4.48. The number of likely N-dealkylation sites (tertiary alicyclic amines) is 1. The zero-order valence-electron chi connectivity index (χ0n) is 17.0. The minimum absolute atomic E-state index is 0.0279. The summed E-state index contributed by atoms with van der Waals surface area (Å²) in [5.41, 5.74) is 1.72. The van der Waals surface area contributed by atoms with Crippen LogP contribution in [-0.4, -0.2) is 51.9 Å². The molecule has 7 heteroatoms. The predicted molar refractivity (Wildman–Crippen MR) is 104 cm³/mol. The topological polar surface area (TPSA) is 90.1 Å². The third-order valence-electron chi connectivity index (χ3n) is 6.04. The summed E-state index contributed by atoms with van der Waals surface area (Å²) in [6, 6.07) is -0.167. The summed E-state index contributed by atoms with van der Waals surface area (Å²) in [6.45, 7) is 9.50. The number of carbonyl (C=O) groups excluding carboxylic acids is 2. The Hall–Kier alpha value is -1.89. The van der Waals surface area contributed by atoms with Crippen molar-refractivity contribution in [2.75, 3.05) is 13.1 Å². The Kier molecular flexibility index (Phi) is 5.89. The molecular formula is C20H33N5O2. The highest BCUT2D eigenvalue weighted by Gasteiger charge is 2.46. The van der Waals surface area contributed by atoms with Crippen LogP contribution in [0.25, 0.3) is 0 Å². The molecule has 1 aromatic heterocycles. The molecule has 3 heterocycles. The van der Waals surface area contributed by atoms with Gasteiger partial charge in [0.2, 0.25) is 11.8 Å². The Bertz CT molecular complexity index is 672. The molecule has 7 nitrogen and oxygen atoms in total. The number of piperidine rings is 1. The third-order valence-corrected chi connectivity index (χ3v) is 6.04. The Morgan fingerprint density at radius 2 is 1.96 bits per heavy atom. The summed E-state index contributed by atoms with van der Waals surface area (Å²) in [5.74, 6) is 0.408. The average Bonchev–Trinajstić information content (AvgIpc) is 3.12. The van der Waals surface area contributed by atoms with Crippen molar-refractivity contribution in [3.8, 4) is 0 Å². The van der Waals surface area contributed by atoms with Crippen molar-refractivity contribution in [1.29, 1.82) is 0 Å². The third kappa shape index (κ3) is 3.88. The van der Waals surface area contributed by atoms with Crippen LogP contribution in [-0.2, 0) is 21.5 Å². The number of imidazole rings is 1. The number of carbonyl (C=O) groups is 2. The van der Waals surface area contributed by atoms with Crippen molar-refractivity contribution in [1.82, 2.24) is 25.5 Å². The lowest BCUT2D eigenvalue weighted by molar-refractivity contribution is -0.138. The number of hydrogen-bond donors (Lipinski definition) is 3. The maximum Gasteiger partial charge on any atom is 0.237 e. The average molecular weight is 376 g/mol. The Morgan fingerprint density at radius 3 is 2.56 bits per heavy atom. The number of H-pyrrole nitrogens is 1. The Labute approximate surface area is 161 Å². The summed E-state index contributed by atoms with van der Waals surface area (Å²) in [7, 11) is 0. The number of aromatic amines is 1. The molecule has 3 N–H and O–H groups in total. The molecule has 1 aromatic rings. The molecule has 2 aliphatic rings. The van der Waals surface area contributed by atoms with E-state index in [1.807, 2.05) is 18.7 Å². The van der Waals surface area contributed by atoms with E-state index in [1.54, 1.807) is 6.33 Å². The number of nitrogens with zero attached hydrogens (tertiary/aromatic N) is 2. The Balaban J connectivity index is 1.76. The van der Waals surface area contributed by atoms with Gasteiger partial charge in [-0.3, -0.25) is 14.9 Å². The molecule has 0 aliphatic carbocycles. The maximum absolute atomic E-state index is 12.7. The van der Waals surface area contributed by atoms with Crippen LogP contribution >= 0.6 is 0 Å². The van der Waals surface area contributed by atoms with E-state index in [0.717, 1.165) is 37.1 Å². The van der Waals surface area contributed by atoms with Crippen LogP contribution < -0.4 is 10.6 Å². The first-order valence-electron chi connectivity index (χ1n) is 10.3. The first-order chi connectivity index (χ1) is 12.9. The highest BCUT2D eigenvalue weighted by molar-refractivity contribution is 5.83. The summed E-state index contributed by atoms with van der Waals surface area (Å²) in [5, 5.41) is 6.61. The maximum atomic E-state index is 12.7. The van der Waals surface area contributed by atoms with Crippen molar-refractivity contribution < 1.29 is 9.59 Å². The fourth-order valence-corrected chi connectivity index (χ4v) is 4.48. The summed E-state index contributed by atoms with van der Waals surface area (Å²) < 4.78 is 0. The van der Waals surface area contributed by atoms with Crippen LogP contribution in [0, 0.1) is 5.92 Å². The van der Waals surface area contributed by atoms with Crippen molar-refractivity contribution >= 4 is 11.8 Å². The predicted octanol–water partition coefficient (Wildman–Crippen LogP) is 1.70. The van der Waals surface area contributed by atoms with Crippen molar-refractivity contribution in [3.63, 3.8) is 0 Å². The molecule has 1 unspecified atom stereocenters. The quantitative estimate of drug-likeness (QED) is 0.731. The van der Waals surface area contributed by atoms with Gasteiger partial charge < -0.3 is 15.2 Å². The van der Waals surface area contributed by atoms with Gasteiger partial charge in [0.15, 0.2) is 0 Å². The number of amides is 2. The van der Waals surface area contributed by atoms with Gasteiger partial charge in [0, 0.05) is 37.2 Å². The number of nitrogens with one attached hydrogen (secondary N) is 3. The summed E-state index contributed by atoms with van der Waals surface area (Å²) >= 11 is 0. The first kappa shape index (κ1) is 19.9. The second-order valence-corrected chi connectivity index (χ2v) is 8.21. The van der Waals surface area contributed by atoms with E-state index in [4.69, 9.17) is 0 Å². The molecular weight excluding hydrogens is 342 g/mol. The molecule has 1 atom stereocenters. The second-order valence-electron chi connectivity index (χ2n) is 8.21. The van der Waals surface area contributed by atoms with E-state index in [0.29, 0.717) is 19.5 Å². The van der Waals surface area contributed by atoms with E-state index < -0.39 is 0 Å².